The standard InChI is InChI=1S/C22H15N3O2S/c26-21-19(14-17-11-12-18(27-17)16-9-5-2-6-10-16)28-22-23-20(24-25(21)22)13-15-7-3-1-4-8-15/h1-12,14H,13H2. The summed E-state index contributed by atoms with van der Waals surface area (Å²) in [5.74, 6) is 2.04. The molecule has 0 aliphatic heterocycles. The summed E-state index contributed by atoms with van der Waals surface area (Å²) in [6, 6.07) is 23.6. The summed E-state index contributed by atoms with van der Waals surface area (Å²) in [5, 5.41) is 4.38. The van der Waals surface area contributed by atoms with Crippen LogP contribution in [0.25, 0.3) is 22.4 Å². The smallest absolute Gasteiger partial charge is 0.291 e. The molecule has 0 atom stereocenters. The Hall–Kier alpha value is -3.51. The van der Waals surface area contributed by atoms with Gasteiger partial charge in [0.15, 0.2) is 5.82 Å². The molecule has 0 saturated carbocycles. The van der Waals surface area contributed by atoms with Crippen molar-refractivity contribution in [2.24, 2.45) is 0 Å². The Kier molecular flexibility index (Phi) is 4.10. The Labute approximate surface area is 164 Å². The van der Waals surface area contributed by atoms with E-state index in [1.54, 1.807) is 6.08 Å². The second-order valence-electron chi connectivity index (χ2n) is 6.37. The molecule has 0 N–H and O–H groups in total. The van der Waals surface area contributed by atoms with E-state index in [9.17, 15) is 4.79 Å². The number of nitrogens with zero attached hydrogens (tertiary/aromatic N) is 3. The lowest BCUT2D eigenvalue weighted by Crippen LogP contribution is -2.23. The second kappa shape index (κ2) is 6.90. The topological polar surface area (TPSA) is 60.4 Å². The number of aromatic nitrogens is 3. The molecule has 0 aliphatic rings. The Bertz CT molecular complexity index is 1350. The van der Waals surface area contributed by atoms with Crippen LogP contribution < -0.4 is 10.1 Å². The van der Waals surface area contributed by atoms with Crippen molar-refractivity contribution in [3.63, 3.8) is 0 Å². The molecular weight excluding hydrogens is 370 g/mol. The highest BCUT2D eigenvalue weighted by molar-refractivity contribution is 7.15. The maximum Gasteiger partial charge on any atom is 0.291 e. The third-order valence-corrected chi connectivity index (χ3v) is 5.35. The summed E-state index contributed by atoms with van der Waals surface area (Å²) < 4.78 is 7.79. The van der Waals surface area contributed by atoms with Gasteiger partial charge in [-0.2, -0.15) is 4.52 Å². The quantitative estimate of drug-likeness (QED) is 0.475. The Morgan fingerprint density at radius 1 is 0.964 bits per heavy atom. The molecule has 5 aromatic rings. The van der Waals surface area contributed by atoms with Crippen molar-refractivity contribution in [2.45, 2.75) is 6.42 Å². The van der Waals surface area contributed by atoms with Gasteiger partial charge in [-0.1, -0.05) is 72.0 Å². The molecule has 3 heterocycles. The van der Waals surface area contributed by atoms with Gasteiger partial charge in [0.2, 0.25) is 4.96 Å². The van der Waals surface area contributed by atoms with Crippen LogP contribution in [0, 0.1) is 0 Å². The monoisotopic (exact) mass is 385 g/mol. The van der Waals surface area contributed by atoms with E-state index in [1.807, 2.05) is 72.8 Å². The minimum absolute atomic E-state index is 0.176. The number of thiazole rings is 1. The van der Waals surface area contributed by atoms with Crippen molar-refractivity contribution < 1.29 is 4.42 Å². The summed E-state index contributed by atoms with van der Waals surface area (Å²) in [7, 11) is 0. The van der Waals surface area contributed by atoms with Gasteiger partial charge in [0.1, 0.15) is 16.1 Å². The third-order valence-electron chi connectivity index (χ3n) is 4.39. The van der Waals surface area contributed by atoms with E-state index in [-0.39, 0.29) is 5.56 Å². The van der Waals surface area contributed by atoms with Gasteiger partial charge in [-0.15, -0.1) is 5.10 Å². The highest BCUT2D eigenvalue weighted by atomic mass is 32.1. The SMILES string of the molecule is O=c1c(=Cc2ccc(-c3ccccc3)o2)sc2nc(Cc3ccccc3)nn12. The van der Waals surface area contributed by atoms with Gasteiger partial charge >= 0.3 is 0 Å². The van der Waals surface area contributed by atoms with E-state index in [2.05, 4.69) is 10.1 Å². The van der Waals surface area contributed by atoms with E-state index in [0.29, 0.717) is 27.5 Å². The molecule has 0 spiro atoms. The van der Waals surface area contributed by atoms with Crippen LogP contribution in [0.5, 0.6) is 0 Å². The van der Waals surface area contributed by atoms with E-state index in [1.165, 1.54) is 15.9 Å². The predicted molar refractivity (Wildman–Crippen MR) is 109 cm³/mol. The van der Waals surface area contributed by atoms with Crippen LogP contribution in [0.1, 0.15) is 17.1 Å². The molecule has 0 bridgehead atoms. The van der Waals surface area contributed by atoms with Crippen molar-refractivity contribution in [3.8, 4) is 11.3 Å². The van der Waals surface area contributed by atoms with Crippen LogP contribution in [0.2, 0.25) is 0 Å². The first kappa shape index (κ1) is 16.6. The lowest BCUT2D eigenvalue weighted by atomic mass is 10.1. The van der Waals surface area contributed by atoms with Crippen molar-refractivity contribution in [1.82, 2.24) is 14.6 Å². The van der Waals surface area contributed by atoms with Gasteiger partial charge in [-0.3, -0.25) is 4.79 Å². The lowest BCUT2D eigenvalue weighted by molar-refractivity contribution is 0.571. The van der Waals surface area contributed by atoms with Crippen LogP contribution in [0.4, 0.5) is 0 Å². The Balaban J connectivity index is 1.47. The van der Waals surface area contributed by atoms with E-state index in [0.717, 1.165) is 16.9 Å². The number of hydrogen-bond acceptors (Lipinski definition) is 5. The normalized spacial score (nSPS) is 12.1. The summed E-state index contributed by atoms with van der Waals surface area (Å²) in [5.41, 5.74) is 1.94. The molecule has 5 nitrogen and oxygen atoms in total. The first-order chi connectivity index (χ1) is 13.8. The highest BCUT2D eigenvalue weighted by Gasteiger charge is 2.11. The average molecular weight is 385 g/mol. The molecule has 0 unspecified atom stereocenters. The fraction of sp³-hybridized carbons (Fsp3) is 0.0455. The first-order valence-corrected chi connectivity index (χ1v) is 9.67. The Morgan fingerprint density at radius 3 is 2.46 bits per heavy atom. The second-order valence-corrected chi connectivity index (χ2v) is 7.38. The molecule has 0 radical (unpaired) electrons. The zero-order valence-corrected chi connectivity index (χ0v) is 15.6. The van der Waals surface area contributed by atoms with Crippen LogP contribution >= 0.6 is 11.3 Å². The number of benzene rings is 2. The molecule has 0 saturated heterocycles. The lowest BCUT2D eigenvalue weighted by Gasteiger charge is -1.94. The maximum atomic E-state index is 12.7. The third kappa shape index (κ3) is 3.14. The van der Waals surface area contributed by atoms with Gasteiger partial charge < -0.3 is 4.42 Å². The largest absolute Gasteiger partial charge is 0.457 e. The molecule has 28 heavy (non-hydrogen) atoms. The van der Waals surface area contributed by atoms with Crippen molar-refractivity contribution in [1.29, 1.82) is 0 Å². The van der Waals surface area contributed by atoms with Crippen LogP contribution in [-0.2, 0) is 6.42 Å². The fourth-order valence-electron chi connectivity index (χ4n) is 3.04. The first-order valence-electron chi connectivity index (χ1n) is 8.86. The summed E-state index contributed by atoms with van der Waals surface area (Å²) in [6.07, 6.45) is 2.35. The molecule has 0 amide bonds. The van der Waals surface area contributed by atoms with Crippen LogP contribution in [0.3, 0.4) is 0 Å². The molecular formula is C22H15N3O2S. The number of rotatable bonds is 4. The van der Waals surface area contributed by atoms with Gasteiger partial charge in [0, 0.05) is 18.1 Å². The van der Waals surface area contributed by atoms with Crippen molar-refractivity contribution in [2.75, 3.05) is 0 Å². The molecule has 3 aromatic heterocycles. The van der Waals surface area contributed by atoms with Gasteiger partial charge in [0.05, 0.1) is 0 Å². The number of fused-ring (bicyclic) bond motifs is 1. The van der Waals surface area contributed by atoms with Crippen LogP contribution in [-0.4, -0.2) is 14.6 Å². The van der Waals surface area contributed by atoms with Crippen molar-refractivity contribution in [3.05, 3.63) is 105 Å². The van der Waals surface area contributed by atoms with Gasteiger partial charge in [0.25, 0.3) is 5.56 Å². The van der Waals surface area contributed by atoms with E-state index >= 15 is 0 Å². The fourth-order valence-corrected chi connectivity index (χ4v) is 3.95. The minimum atomic E-state index is -0.176. The predicted octanol–water partition coefficient (Wildman–Crippen LogP) is 3.55. The number of furan rings is 1. The molecule has 0 aliphatic carbocycles. The highest BCUT2D eigenvalue weighted by Crippen LogP contribution is 2.22. The average Bonchev–Trinajstić information content (AvgIpc) is 3.42. The zero-order valence-electron chi connectivity index (χ0n) is 14.8. The maximum absolute atomic E-state index is 12.7. The van der Waals surface area contributed by atoms with E-state index in [4.69, 9.17) is 4.42 Å². The molecule has 136 valence electrons. The molecule has 6 heteroatoms. The summed E-state index contributed by atoms with van der Waals surface area (Å²) in [4.78, 5) is 17.8. The molecule has 5 rings (SSSR count). The van der Waals surface area contributed by atoms with Gasteiger partial charge in [-0.25, -0.2) is 4.98 Å². The molecule has 2 aromatic carbocycles. The number of hydrogen-bond donors (Lipinski definition) is 0. The molecule has 0 fully saturated rings. The summed E-state index contributed by atoms with van der Waals surface area (Å²) >= 11 is 1.32. The van der Waals surface area contributed by atoms with Gasteiger partial charge in [-0.05, 0) is 17.7 Å². The Morgan fingerprint density at radius 2 is 1.71 bits per heavy atom. The zero-order chi connectivity index (χ0) is 18.9. The van der Waals surface area contributed by atoms with Crippen LogP contribution in [0.15, 0.2) is 82.0 Å². The summed E-state index contributed by atoms with van der Waals surface area (Å²) in [6.45, 7) is 0. The van der Waals surface area contributed by atoms with Crippen molar-refractivity contribution >= 4 is 22.4 Å². The minimum Gasteiger partial charge on any atom is -0.457 e. The van der Waals surface area contributed by atoms with E-state index < -0.39 is 0 Å².